The van der Waals surface area contributed by atoms with Crippen LogP contribution in [0.5, 0.6) is 5.75 Å². The first-order valence-electron chi connectivity index (χ1n) is 6.23. The lowest BCUT2D eigenvalue weighted by atomic mass is 10.0. The van der Waals surface area contributed by atoms with Gasteiger partial charge in [-0.15, -0.1) is 0 Å². The molecule has 2 rings (SSSR count). The van der Waals surface area contributed by atoms with Crippen LogP contribution in [0.2, 0.25) is 0 Å². The molecule has 0 saturated heterocycles. The lowest BCUT2D eigenvalue weighted by Crippen LogP contribution is -2.04. The van der Waals surface area contributed by atoms with Crippen molar-refractivity contribution in [2.75, 3.05) is 7.11 Å². The largest absolute Gasteiger partial charge is 0.496 e. The highest BCUT2D eigenvalue weighted by molar-refractivity contribution is 14.1. The SMILES string of the molecule is CCc1ccc(C(=O)c2cc(I)c(OC)cc2Br)cc1. The van der Waals surface area contributed by atoms with Gasteiger partial charge in [0.2, 0.25) is 0 Å². The number of ether oxygens (including phenoxy) is 1. The van der Waals surface area contributed by atoms with Gasteiger partial charge in [0.15, 0.2) is 5.78 Å². The molecule has 2 aromatic carbocycles. The minimum absolute atomic E-state index is 0.0140. The predicted molar refractivity (Wildman–Crippen MR) is 92.7 cm³/mol. The maximum Gasteiger partial charge on any atom is 0.194 e. The van der Waals surface area contributed by atoms with Gasteiger partial charge in [-0.05, 0) is 62.6 Å². The molecule has 2 nitrogen and oxygen atoms in total. The third-order valence-corrected chi connectivity index (χ3v) is 4.61. The number of methoxy groups -OCH3 is 1. The van der Waals surface area contributed by atoms with E-state index < -0.39 is 0 Å². The Morgan fingerprint density at radius 3 is 2.45 bits per heavy atom. The first-order chi connectivity index (χ1) is 9.56. The van der Waals surface area contributed by atoms with Crippen molar-refractivity contribution in [2.45, 2.75) is 13.3 Å². The van der Waals surface area contributed by atoms with E-state index in [-0.39, 0.29) is 5.78 Å². The molecule has 0 N–H and O–H groups in total. The van der Waals surface area contributed by atoms with Gasteiger partial charge in [0.1, 0.15) is 5.75 Å². The second-order valence-electron chi connectivity index (χ2n) is 4.35. The smallest absolute Gasteiger partial charge is 0.194 e. The van der Waals surface area contributed by atoms with Crippen molar-refractivity contribution in [1.29, 1.82) is 0 Å². The number of carbonyl (C=O) groups is 1. The lowest BCUT2D eigenvalue weighted by molar-refractivity contribution is 0.103. The van der Waals surface area contributed by atoms with Crippen LogP contribution in [-0.2, 0) is 6.42 Å². The molecule has 104 valence electrons. The number of rotatable bonds is 4. The average Bonchev–Trinajstić information content (AvgIpc) is 2.48. The first-order valence-corrected chi connectivity index (χ1v) is 8.10. The molecule has 0 unspecified atom stereocenters. The Labute approximate surface area is 140 Å². The Morgan fingerprint density at radius 2 is 1.90 bits per heavy atom. The summed E-state index contributed by atoms with van der Waals surface area (Å²) >= 11 is 5.61. The molecule has 0 aromatic heterocycles. The maximum absolute atomic E-state index is 12.5. The molecule has 0 saturated carbocycles. The second-order valence-corrected chi connectivity index (χ2v) is 6.36. The first kappa shape index (κ1) is 15.5. The van der Waals surface area contributed by atoms with E-state index in [9.17, 15) is 4.79 Å². The van der Waals surface area contributed by atoms with Crippen LogP contribution in [0.3, 0.4) is 0 Å². The van der Waals surface area contributed by atoms with Gasteiger partial charge in [0, 0.05) is 15.6 Å². The Hall–Kier alpha value is -0.880. The Kier molecular flexibility index (Phi) is 5.21. The van der Waals surface area contributed by atoms with E-state index in [1.165, 1.54) is 5.56 Å². The van der Waals surface area contributed by atoms with Crippen LogP contribution in [0.25, 0.3) is 0 Å². The van der Waals surface area contributed by atoms with Crippen LogP contribution in [0, 0.1) is 3.57 Å². The Morgan fingerprint density at radius 1 is 1.25 bits per heavy atom. The van der Waals surface area contributed by atoms with Gasteiger partial charge in [0.25, 0.3) is 0 Å². The van der Waals surface area contributed by atoms with Crippen molar-refractivity contribution >= 4 is 44.3 Å². The molecule has 0 aliphatic carbocycles. The minimum atomic E-state index is 0.0140. The van der Waals surface area contributed by atoms with Crippen LogP contribution in [0.1, 0.15) is 28.4 Å². The molecule has 4 heteroatoms. The third kappa shape index (κ3) is 3.23. The summed E-state index contributed by atoms with van der Waals surface area (Å²) in [6, 6.07) is 11.4. The van der Waals surface area contributed by atoms with Gasteiger partial charge < -0.3 is 4.74 Å². The quantitative estimate of drug-likeness (QED) is 0.497. The van der Waals surface area contributed by atoms with Crippen molar-refractivity contribution in [2.24, 2.45) is 0 Å². The molecule has 0 aliphatic heterocycles. The number of benzene rings is 2. The number of hydrogen-bond donors (Lipinski definition) is 0. The monoisotopic (exact) mass is 444 g/mol. The van der Waals surface area contributed by atoms with Crippen LogP contribution in [-0.4, -0.2) is 12.9 Å². The van der Waals surface area contributed by atoms with Crippen LogP contribution >= 0.6 is 38.5 Å². The van der Waals surface area contributed by atoms with E-state index in [1.807, 2.05) is 36.4 Å². The standard InChI is InChI=1S/C16H14BrIO2/c1-3-10-4-6-11(7-5-10)16(19)12-8-14(18)15(20-2)9-13(12)17/h4-9H,3H2,1-2H3. The van der Waals surface area contributed by atoms with Gasteiger partial charge in [-0.2, -0.15) is 0 Å². The number of halogens is 2. The molecule has 0 radical (unpaired) electrons. The fourth-order valence-electron chi connectivity index (χ4n) is 1.91. The maximum atomic E-state index is 12.5. The molecular formula is C16H14BrIO2. The zero-order chi connectivity index (χ0) is 14.7. The molecule has 0 heterocycles. The molecule has 0 atom stereocenters. The van der Waals surface area contributed by atoms with Crippen LogP contribution in [0.15, 0.2) is 40.9 Å². The summed E-state index contributed by atoms with van der Waals surface area (Å²) in [4.78, 5) is 12.5. The predicted octanol–water partition coefficient (Wildman–Crippen LogP) is 4.86. The summed E-state index contributed by atoms with van der Waals surface area (Å²) < 4.78 is 6.92. The highest BCUT2D eigenvalue weighted by Gasteiger charge is 2.15. The van der Waals surface area contributed by atoms with Crippen molar-refractivity contribution in [1.82, 2.24) is 0 Å². The molecule has 0 spiro atoms. The van der Waals surface area contributed by atoms with Crippen molar-refractivity contribution in [3.8, 4) is 5.75 Å². The van der Waals surface area contributed by atoms with E-state index in [0.717, 1.165) is 20.2 Å². The Balaban J connectivity index is 2.39. The summed E-state index contributed by atoms with van der Waals surface area (Å²) in [5, 5.41) is 0. The van der Waals surface area contributed by atoms with Gasteiger partial charge in [-0.3, -0.25) is 4.79 Å². The number of aryl methyl sites for hydroxylation is 1. The van der Waals surface area contributed by atoms with Crippen LogP contribution < -0.4 is 4.74 Å². The minimum Gasteiger partial charge on any atom is -0.496 e. The zero-order valence-corrected chi connectivity index (χ0v) is 15.0. The third-order valence-electron chi connectivity index (χ3n) is 3.11. The molecule has 20 heavy (non-hydrogen) atoms. The second kappa shape index (κ2) is 6.72. The molecular weight excluding hydrogens is 431 g/mol. The zero-order valence-electron chi connectivity index (χ0n) is 11.2. The van der Waals surface area contributed by atoms with E-state index in [4.69, 9.17) is 4.74 Å². The van der Waals surface area contributed by atoms with Gasteiger partial charge in [0.05, 0.1) is 10.7 Å². The van der Waals surface area contributed by atoms with E-state index in [1.54, 1.807) is 7.11 Å². The number of ketones is 1. The summed E-state index contributed by atoms with van der Waals surface area (Å²) in [6.07, 6.45) is 0.971. The summed E-state index contributed by atoms with van der Waals surface area (Å²) in [5.74, 6) is 0.774. The average molecular weight is 445 g/mol. The highest BCUT2D eigenvalue weighted by Crippen LogP contribution is 2.30. The van der Waals surface area contributed by atoms with E-state index in [2.05, 4.69) is 45.4 Å². The molecule has 0 bridgehead atoms. The fraction of sp³-hybridized carbons (Fsp3) is 0.188. The molecule has 2 aromatic rings. The van der Waals surface area contributed by atoms with E-state index in [0.29, 0.717) is 11.1 Å². The number of hydrogen-bond acceptors (Lipinski definition) is 2. The summed E-state index contributed by atoms with van der Waals surface area (Å²) in [5.41, 5.74) is 2.58. The van der Waals surface area contributed by atoms with Crippen molar-refractivity contribution in [3.63, 3.8) is 0 Å². The highest BCUT2D eigenvalue weighted by atomic mass is 127. The van der Waals surface area contributed by atoms with Crippen molar-refractivity contribution in [3.05, 3.63) is 61.1 Å². The van der Waals surface area contributed by atoms with E-state index >= 15 is 0 Å². The summed E-state index contributed by atoms with van der Waals surface area (Å²) in [7, 11) is 1.62. The van der Waals surface area contributed by atoms with Gasteiger partial charge in [-0.1, -0.05) is 31.2 Å². The molecule has 0 aliphatic rings. The fourth-order valence-corrected chi connectivity index (χ4v) is 3.10. The van der Waals surface area contributed by atoms with Gasteiger partial charge in [-0.25, -0.2) is 0 Å². The number of carbonyl (C=O) groups excluding carboxylic acids is 1. The van der Waals surface area contributed by atoms with Gasteiger partial charge >= 0.3 is 0 Å². The van der Waals surface area contributed by atoms with Crippen LogP contribution in [0.4, 0.5) is 0 Å². The topological polar surface area (TPSA) is 26.3 Å². The normalized spacial score (nSPS) is 10.4. The molecule has 0 amide bonds. The Bertz CT molecular complexity index is 636. The molecule has 0 fully saturated rings. The van der Waals surface area contributed by atoms with Crippen molar-refractivity contribution < 1.29 is 9.53 Å². The lowest BCUT2D eigenvalue weighted by Gasteiger charge is -2.09. The summed E-state index contributed by atoms with van der Waals surface area (Å²) in [6.45, 7) is 2.10.